The highest BCUT2D eigenvalue weighted by atomic mass is 16.7. The maximum absolute atomic E-state index is 14.8. The number of cyclic esters (lactones) is 1. The summed E-state index contributed by atoms with van der Waals surface area (Å²) in [5.41, 5.74) is -2.34. The standard InChI is InChI=1S/C48H67N3O13/c1-12-36-48(8)41(50(46(59)64-48)20-14-13-15-30-16-19-34-32(22-30)39(54)33(43(56)57)24-51(34)31-17-18-31)27(4)37(52)25(2)23-47(7,60-11)42(28(5)38(53)29(6)44(58)62-36)63-45-40(55)35(49(9)10)21-26(3)61-45/h13,15-16,19,22,24-29,31,35-36,40-42,45,55H,12,14,17-18,20-21,23H2,1-11H3,(H,56,57)/b15-13-/t25-,26-,27+,28+,29-,35+,36-,40-,41-,42-,45+,47-,48-/m1/s1. The SMILES string of the molecule is CC[C@H]1OC(=O)[C@H](C)C(=O)[C@H](C)[C@@H](O[C@@H]2O[C@H](C)C[C@H](N(C)C)[C@H]2O)[C@](C)(OC)C[C@@H](C)C(=O)[C@H](C)[C@H]2N(CC/C=C\c3ccc4c(c3)c(=O)c(C(=O)O)cn4C3CC3)C(=O)O[C@]12C. The molecule has 2 N–H and O–H groups in total. The second-order valence-electron chi connectivity index (χ2n) is 19.2. The van der Waals surface area contributed by atoms with Crippen LogP contribution in [-0.4, -0.2) is 136 Å². The number of hydrogen-bond donors (Lipinski definition) is 2. The van der Waals surface area contributed by atoms with Crippen LogP contribution in [-0.2, 0) is 38.1 Å². The van der Waals surface area contributed by atoms with Crippen LogP contribution in [0, 0.1) is 23.7 Å². The number of carbonyl (C=O) groups excluding carboxylic acids is 4. The van der Waals surface area contributed by atoms with E-state index >= 15 is 0 Å². The van der Waals surface area contributed by atoms with E-state index in [1.807, 2.05) is 48.7 Å². The molecule has 3 aliphatic heterocycles. The van der Waals surface area contributed by atoms with Crippen LogP contribution in [0.1, 0.15) is 116 Å². The van der Waals surface area contributed by atoms with Crippen molar-refractivity contribution in [1.82, 2.24) is 14.4 Å². The summed E-state index contributed by atoms with van der Waals surface area (Å²) in [7, 11) is 5.18. The summed E-state index contributed by atoms with van der Waals surface area (Å²) in [4.78, 5) is 85.7. The normalized spacial score (nSPS) is 35.7. The lowest BCUT2D eigenvalue weighted by Gasteiger charge is -2.47. The van der Waals surface area contributed by atoms with Crippen LogP contribution in [0.4, 0.5) is 4.79 Å². The summed E-state index contributed by atoms with van der Waals surface area (Å²) in [5.74, 6) is -6.64. The quantitative estimate of drug-likeness (QED) is 0.207. The van der Waals surface area contributed by atoms with Crippen molar-refractivity contribution in [3.05, 3.63) is 51.8 Å². The van der Waals surface area contributed by atoms with E-state index in [4.69, 9.17) is 23.7 Å². The molecule has 352 valence electrons. The first-order valence-electron chi connectivity index (χ1n) is 22.6. The predicted octanol–water partition coefficient (Wildman–Crippen LogP) is 5.64. The van der Waals surface area contributed by atoms with Crippen molar-refractivity contribution in [2.75, 3.05) is 27.7 Å². The molecule has 2 aromatic rings. The molecule has 1 saturated carbocycles. The summed E-state index contributed by atoms with van der Waals surface area (Å²) in [6.07, 6.45) is 2.64. The van der Waals surface area contributed by atoms with Crippen LogP contribution < -0.4 is 5.43 Å². The maximum Gasteiger partial charge on any atom is 0.410 e. The van der Waals surface area contributed by atoms with Gasteiger partial charge < -0.3 is 48.3 Å². The first kappa shape index (κ1) is 49.0. The highest BCUT2D eigenvalue weighted by molar-refractivity contribution is 6.00. The van der Waals surface area contributed by atoms with Crippen LogP contribution >= 0.6 is 0 Å². The van der Waals surface area contributed by atoms with Gasteiger partial charge in [-0.15, -0.1) is 0 Å². The van der Waals surface area contributed by atoms with Gasteiger partial charge in [0.1, 0.15) is 29.5 Å². The predicted molar refractivity (Wildman–Crippen MR) is 237 cm³/mol. The zero-order valence-corrected chi connectivity index (χ0v) is 39.1. The van der Waals surface area contributed by atoms with Crippen LogP contribution in [0.2, 0.25) is 0 Å². The molecule has 16 heteroatoms. The van der Waals surface area contributed by atoms with E-state index in [1.54, 1.807) is 53.7 Å². The summed E-state index contributed by atoms with van der Waals surface area (Å²) in [5, 5.41) is 21.5. The number of aliphatic hydroxyl groups is 1. The number of aromatic nitrogens is 1. The Hall–Kier alpha value is -4.48. The Balaban J connectivity index is 1.31. The van der Waals surface area contributed by atoms with Crippen molar-refractivity contribution >= 4 is 46.6 Å². The fourth-order valence-corrected chi connectivity index (χ4v) is 10.4. The smallest absolute Gasteiger partial charge is 0.410 e. The van der Waals surface area contributed by atoms with E-state index in [1.165, 1.54) is 25.1 Å². The number of fused-ring (bicyclic) bond motifs is 2. The number of nitrogens with zero attached hydrogens (tertiary/aromatic N) is 3. The van der Waals surface area contributed by atoms with Crippen molar-refractivity contribution in [2.45, 2.75) is 154 Å². The molecule has 1 aromatic heterocycles. The van der Waals surface area contributed by atoms with Crippen LogP contribution in [0.5, 0.6) is 0 Å². The second kappa shape index (κ2) is 19.2. The highest BCUT2D eigenvalue weighted by Gasteiger charge is 2.60. The number of carboxylic acid groups (broad SMARTS) is 1. The molecule has 13 atom stereocenters. The molecule has 0 radical (unpaired) electrons. The second-order valence-corrected chi connectivity index (χ2v) is 19.2. The van der Waals surface area contributed by atoms with E-state index < -0.39 is 94.8 Å². The van der Waals surface area contributed by atoms with Gasteiger partial charge in [0.2, 0.25) is 5.43 Å². The van der Waals surface area contributed by atoms with Crippen molar-refractivity contribution in [2.24, 2.45) is 23.7 Å². The molecule has 4 heterocycles. The lowest BCUT2D eigenvalue weighted by Crippen LogP contribution is -2.60. The third-order valence-corrected chi connectivity index (χ3v) is 14.2. The average molecular weight is 894 g/mol. The topological polar surface area (TPSA) is 200 Å². The average Bonchev–Trinajstić information content (AvgIpc) is 4.06. The molecule has 1 amide bonds. The lowest BCUT2D eigenvalue weighted by molar-refractivity contribution is -0.295. The maximum atomic E-state index is 14.8. The minimum Gasteiger partial charge on any atom is -0.477 e. The van der Waals surface area contributed by atoms with Gasteiger partial charge >= 0.3 is 18.0 Å². The number of benzene rings is 1. The van der Waals surface area contributed by atoms with Crippen molar-refractivity contribution in [3.63, 3.8) is 0 Å². The van der Waals surface area contributed by atoms with Crippen LogP contribution in [0.25, 0.3) is 17.0 Å². The summed E-state index contributed by atoms with van der Waals surface area (Å²) in [6, 6.07) is 4.26. The molecule has 4 aliphatic rings. The number of carbonyl (C=O) groups is 5. The molecule has 0 bridgehead atoms. The summed E-state index contributed by atoms with van der Waals surface area (Å²) < 4.78 is 33.0. The molecule has 64 heavy (non-hydrogen) atoms. The molecule has 4 fully saturated rings. The Kier molecular flexibility index (Phi) is 14.7. The Labute approximate surface area is 375 Å². The molecular weight excluding hydrogens is 827 g/mol. The summed E-state index contributed by atoms with van der Waals surface area (Å²) >= 11 is 0. The fraction of sp³-hybridized carbons (Fsp3) is 0.667. The van der Waals surface area contributed by atoms with E-state index in [0.29, 0.717) is 29.3 Å². The number of amides is 1. The molecule has 0 unspecified atom stereocenters. The van der Waals surface area contributed by atoms with E-state index in [2.05, 4.69) is 0 Å². The molecule has 1 aromatic carbocycles. The summed E-state index contributed by atoms with van der Waals surface area (Å²) in [6.45, 7) is 13.8. The van der Waals surface area contributed by atoms with Crippen LogP contribution in [0.3, 0.4) is 0 Å². The van der Waals surface area contributed by atoms with Gasteiger partial charge in [-0.05, 0) is 98.0 Å². The largest absolute Gasteiger partial charge is 0.477 e. The Bertz CT molecular complexity index is 2200. The molecule has 1 aliphatic carbocycles. The van der Waals surface area contributed by atoms with Gasteiger partial charge in [-0.1, -0.05) is 45.9 Å². The number of likely N-dealkylation sites (N-methyl/N-ethyl adjacent to an activating group) is 1. The van der Waals surface area contributed by atoms with Gasteiger partial charge in [-0.25, -0.2) is 9.59 Å². The number of carboxylic acids is 1. The number of ether oxygens (including phenoxy) is 5. The van der Waals surface area contributed by atoms with Crippen molar-refractivity contribution in [3.8, 4) is 0 Å². The number of rotatable bonds is 11. The van der Waals surface area contributed by atoms with Gasteiger partial charge in [0.25, 0.3) is 0 Å². The molecule has 3 saturated heterocycles. The molecule has 0 spiro atoms. The Morgan fingerprint density at radius 2 is 1.70 bits per heavy atom. The van der Waals surface area contributed by atoms with Gasteiger partial charge in [-0.2, -0.15) is 0 Å². The number of hydrogen-bond acceptors (Lipinski definition) is 13. The molecule has 16 nitrogen and oxygen atoms in total. The lowest BCUT2D eigenvalue weighted by atomic mass is 9.73. The minimum atomic E-state index is -1.50. The highest BCUT2D eigenvalue weighted by Crippen LogP contribution is 2.43. The van der Waals surface area contributed by atoms with Gasteiger partial charge in [0.15, 0.2) is 17.7 Å². The van der Waals surface area contributed by atoms with Gasteiger partial charge in [0, 0.05) is 55.1 Å². The van der Waals surface area contributed by atoms with Crippen molar-refractivity contribution in [1.29, 1.82) is 0 Å². The number of aliphatic hydroxyl groups excluding tert-OH is 1. The third-order valence-electron chi connectivity index (χ3n) is 14.2. The molecule has 6 rings (SSSR count). The minimum absolute atomic E-state index is 0.0763. The van der Waals surface area contributed by atoms with E-state index in [-0.39, 0.29) is 48.9 Å². The van der Waals surface area contributed by atoms with Gasteiger partial charge in [-0.3, -0.25) is 19.2 Å². The fourth-order valence-electron chi connectivity index (χ4n) is 10.4. The van der Waals surface area contributed by atoms with E-state index in [0.717, 1.165) is 12.8 Å². The third kappa shape index (κ3) is 9.44. The monoisotopic (exact) mass is 893 g/mol. The van der Waals surface area contributed by atoms with E-state index in [9.17, 15) is 39.0 Å². The molecular formula is C48H67N3O13. The number of pyridine rings is 1. The number of Topliss-reactive ketones (excluding diaryl/α,β-unsaturated/α-hetero) is 2. The number of esters is 1. The zero-order chi connectivity index (χ0) is 47.2. The Morgan fingerprint density at radius 1 is 1.02 bits per heavy atom. The number of methoxy groups -OCH3 is 1. The van der Waals surface area contributed by atoms with Gasteiger partial charge in [0.05, 0.1) is 29.4 Å². The first-order chi connectivity index (χ1) is 30.1. The first-order valence-corrected chi connectivity index (χ1v) is 22.6. The Morgan fingerprint density at radius 3 is 2.31 bits per heavy atom. The number of ketones is 2. The zero-order valence-electron chi connectivity index (χ0n) is 39.1. The van der Waals surface area contributed by atoms with Crippen molar-refractivity contribution < 1.29 is 57.9 Å². The number of aromatic carboxylic acids is 1. The van der Waals surface area contributed by atoms with Crippen LogP contribution in [0.15, 0.2) is 35.3 Å².